The van der Waals surface area contributed by atoms with Crippen LogP contribution in [0.25, 0.3) is 55.6 Å². The molecule has 9 aromatic carbocycles. The van der Waals surface area contributed by atoms with Crippen molar-refractivity contribution in [3.05, 3.63) is 246 Å². The maximum atomic E-state index is 2.49. The van der Waals surface area contributed by atoms with Crippen LogP contribution in [0.2, 0.25) is 0 Å². The Labute approximate surface area is 346 Å². The molecule has 9 aromatic rings. The third-order valence-corrected chi connectivity index (χ3v) is 13.5. The minimum atomic E-state index is -0.422. The molecule has 0 N–H and O–H groups in total. The normalized spacial score (nSPS) is 14.2. The van der Waals surface area contributed by atoms with E-state index in [-0.39, 0.29) is 5.41 Å². The number of nitrogens with zero attached hydrogens (tertiary/aromatic N) is 1. The summed E-state index contributed by atoms with van der Waals surface area (Å²) in [5, 5.41) is 0. The number of benzene rings is 9. The van der Waals surface area contributed by atoms with E-state index in [0.29, 0.717) is 0 Å². The molecule has 0 bridgehead atoms. The lowest BCUT2D eigenvalue weighted by molar-refractivity contribution is 0.660. The van der Waals surface area contributed by atoms with Gasteiger partial charge in [0.05, 0.1) is 11.1 Å². The highest BCUT2D eigenvalue weighted by Crippen LogP contribution is 2.64. The highest BCUT2D eigenvalue weighted by Gasteiger charge is 2.52. The van der Waals surface area contributed by atoms with Crippen molar-refractivity contribution in [1.29, 1.82) is 0 Å². The molecule has 3 aliphatic carbocycles. The molecule has 0 atom stereocenters. The average molecular weight is 752 g/mol. The molecule has 0 heterocycles. The Hall–Kier alpha value is -7.22. The zero-order valence-corrected chi connectivity index (χ0v) is 33.2. The molecule has 0 radical (unpaired) electrons. The van der Waals surface area contributed by atoms with E-state index in [9.17, 15) is 0 Å². The van der Waals surface area contributed by atoms with Crippen LogP contribution in [-0.2, 0) is 10.8 Å². The Bertz CT molecular complexity index is 3090. The van der Waals surface area contributed by atoms with Crippen molar-refractivity contribution in [1.82, 2.24) is 0 Å². The minimum Gasteiger partial charge on any atom is -0.310 e. The van der Waals surface area contributed by atoms with Crippen molar-refractivity contribution in [2.24, 2.45) is 0 Å². The zero-order chi connectivity index (χ0) is 39.3. The first kappa shape index (κ1) is 33.9. The first-order chi connectivity index (χ1) is 29.0. The van der Waals surface area contributed by atoms with E-state index in [4.69, 9.17) is 0 Å². The minimum absolute atomic E-state index is 0.0719. The molecule has 278 valence electrons. The average Bonchev–Trinajstić information content (AvgIpc) is 3.86. The van der Waals surface area contributed by atoms with Crippen LogP contribution >= 0.6 is 0 Å². The van der Waals surface area contributed by atoms with Gasteiger partial charge in [-0.05, 0) is 120 Å². The van der Waals surface area contributed by atoms with Crippen LogP contribution in [0.3, 0.4) is 0 Å². The first-order valence-corrected chi connectivity index (χ1v) is 20.8. The van der Waals surface area contributed by atoms with Crippen molar-refractivity contribution in [3.8, 4) is 55.6 Å². The predicted molar refractivity (Wildman–Crippen MR) is 246 cm³/mol. The van der Waals surface area contributed by atoms with Crippen molar-refractivity contribution in [2.75, 3.05) is 4.90 Å². The lowest BCUT2D eigenvalue weighted by Crippen LogP contribution is -2.26. The number of hydrogen-bond donors (Lipinski definition) is 0. The van der Waals surface area contributed by atoms with Gasteiger partial charge in [0.2, 0.25) is 0 Å². The second kappa shape index (κ2) is 12.6. The summed E-state index contributed by atoms with van der Waals surface area (Å²) in [6.45, 7) is 4.72. The number of anilines is 3. The Balaban J connectivity index is 1.08. The largest absolute Gasteiger partial charge is 0.310 e. The third kappa shape index (κ3) is 4.73. The molecule has 1 spiro atoms. The number of fused-ring (bicyclic) bond motifs is 13. The van der Waals surface area contributed by atoms with Gasteiger partial charge in [0, 0.05) is 22.4 Å². The summed E-state index contributed by atoms with van der Waals surface area (Å²) in [5.74, 6) is 0. The van der Waals surface area contributed by atoms with E-state index >= 15 is 0 Å². The SMILES string of the molecule is CC1(C)c2ccccc2-c2ccc(-c3cccc(N(c4ccc(-c5ccccc5)cc4)c4cccc5c4-c4ccccc4C54c5ccccc5-c5ccccc54)c3)cc21. The molecule has 59 heavy (non-hydrogen) atoms. The fourth-order valence-corrected chi connectivity index (χ4v) is 10.9. The van der Waals surface area contributed by atoms with E-state index in [1.807, 2.05) is 0 Å². The van der Waals surface area contributed by atoms with Crippen molar-refractivity contribution < 1.29 is 0 Å². The topological polar surface area (TPSA) is 3.24 Å². The number of hydrogen-bond acceptors (Lipinski definition) is 1. The van der Waals surface area contributed by atoms with Gasteiger partial charge in [0.25, 0.3) is 0 Å². The monoisotopic (exact) mass is 751 g/mol. The first-order valence-electron chi connectivity index (χ1n) is 20.8. The maximum absolute atomic E-state index is 2.49. The molecule has 0 aliphatic heterocycles. The van der Waals surface area contributed by atoms with Crippen LogP contribution in [0.15, 0.2) is 212 Å². The van der Waals surface area contributed by atoms with Crippen LogP contribution in [-0.4, -0.2) is 0 Å². The van der Waals surface area contributed by atoms with E-state index in [1.165, 1.54) is 94.7 Å². The zero-order valence-electron chi connectivity index (χ0n) is 33.2. The van der Waals surface area contributed by atoms with E-state index in [1.54, 1.807) is 0 Å². The Kier molecular flexibility index (Phi) is 7.26. The molecule has 0 fully saturated rings. The molecule has 0 amide bonds. The molecule has 12 rings (SSSR count). The second-order valence-corrected chi connectivity index (χ2v) is 16.8. The van der Waals surface area contributed by atoms with Crippen molar-refractivity contribution in [2.45, 2.75) is 24.7 Å². The lowest BCUT2D eigenvalue weighted by atomic mass is 9.70. The van der Waals surface area contributed by atoms with Gasteiger partial charge in [-0.3, -0.25) is 0 Å². The molecule has 0 saturated heterocycles. The summed E-state index contributed by atoms with van der Waals surface area (Å²) in [6, 6.07) is 79.1. The standard InChI is InChI=1S/C58H41N/c1-57(2)49-24-10-6-20-44(49)47-35-32-41(37-54(47)57)40-18-14-19-43(36-40)59(42-33-30-39(31-34-42)38-16-4-3-5-17-38)55-29-15-28-53-56(55)48-23-9-13-27-52(48)58(53)50-25-11-7-21-45(50)46-22-8-12-26-51(46)58/h3-37H,1-2H3. The number of rotatable bonds is 5. The smallest absolute Gasteiger partial charge is 0.0726 e. The Morgan fingerprint density at radius 2 is 0.780 bits per heavy atom. The summed E-state index contributed by atoms with van der Waals surface area (Å²) >= 11 is 0. The van der Waals surface area contributed by atoms with Crippen LogP contribution in [0.5, 0.6) is 0 Å². The summed E-state index contributed by atoms with van der Waals surface area (Å²) in [5.41, 5.74) is 23.8. The highest BCUT2D eigenvalue weighted by molar-refractivity contribution is 6.01. The van der Waals surface area contributed by atoms with Crippen LogP contribution in [0.1, 0.15) is 47.2 Å². The Morgan fingerprint density at radius 1 is 0.305 bits per heavy atom. The molecular weight excluding hydrogens is 711 g/mol. The fraction of sp³-hybridized carbons (Fsp3) is 0.0690. The quantitative estimate of drug-likeness (QED) is 0.169. The predicted octanol–water partition coefficient (Wildman–Crippen LogP) is 15.1. The summed E-state index contributed by atoms with van der Waals surface area (Å²) < 4.78 is 0. The van der Waals surface area contributed by atoms with Gasteiger partial charge in [0.15, 0.2) is 0 Å². The van der Waals surface area contributed by atoms with Crippen molar-refractivity contribution >= 4 is 17.1 Å². The lowest BCUT2D eigenvalue weighted by Gasteiger charge is -2.32. The van der Waals surface area contributed by atoms with Crippen molar-refractivity contribution in [3.63, 3.8) is 0 Å². The second-order valence-electron chi connectivity index (χ2n) is 16.8. The van der Waals surface area contributed by atoms with E-state index < -0.39 is 5.41 Å². The molecule has 1 nitrogen and oxygen atoms in total. The fourth-order valence-electron chi connectivity index (χ4n) is 10.9. The van der Waals surface area contributed by atoms with Crippen LogP contribution in [0, 0.1) is 0 Å². The summed E-state index contributed by atoms with van der Waals surface area (Å²) in [6.07, 6.45) is 0. The van der Waals surface area contributed by atoms with Gasteiger partial charge in [-0.25, -0.2) is 0 Å². The molecular formula is C58H41N. The van der Waals surface area contributed by atoms with Gasteiger partial charge in [-0.2, -0.15) is 0 Å². The maximum Gasteiger partial charge on any atom is 0.0726 e. The van der Waals surface area contributed by atoms with Gasteiger partial charge in [0.1, 0.15) is 0 Å². The summed E-state index contributed by atoms with van der Waals surface area (Å²) in [7, 11) is 0. The van der Waals surface area contributed by atoms with E-state index in [0.717, 1.165) is 11.4 Å². The Morgan fingerprint density at radius 3 is 1.47 bits per heavy atom. The molecule has 0 unspecified atom stereocenters. The molecule has 1 heteroatoms. The van der Waals surface area contributed by atoms with Gasteiger partial charge < -0.3 is 4.90 Å². The van der Waals surface area contributed by atoms with Gasteiger partial charge in [-0.15, -0.1) is 0 Å². The van der Waals surface area contributed by atoms with Gasteiger partial charge in [-0.1, -0.05) is 190 Å². The van der Waals surface area contributed by atoms with Crippen LogP contribution < -0.4 is 4.90 Å². The molecule has 0 aromatic heterocycles. The van der Waals surface area contributed by atoms with Gasteiger partial charge >= 0.3 is 0 Å². The molecule has 0 saturated carbocycles. The van der Waals surface area contributed by atoms with E-state index in [2.05, 4.69) is 231 Å². The third-order valence-electron chi connectivity index (χ3n) is 13.5. The highest BCUT2D eigenvalue weighted by atomic mass is 15.1. The molecule has 3 aliphatic rings. The van der Waals surface area contributed by atoms with Crippen LogP contribution in [0.4, 0.5) is 17.1 Å². The summed E-state index contributed by atoms with van der Waals surface area (Å²) in [4.78, 5) is 2.49.